The summed E-state index contributed by atoms with van der Waals surface area (Å²) in [6.07, 6.45) is 3.90. The molecule has 0 radical (unpaired) electrons. The SMILES string of the molecule is COCCCNC(=O)[C@H]1CC(=O)N(CCc2c[nH]c3ccc(C)cc23)C1. The van der Waals surface area contributed by atoms with Gasteiger partial charge in [-0.15, -0.1) is 0 Å². The van der Waals surface area contributed by atoms with Crippen LogP contribution in [-0.2, 0) is 20.7 Å². The number of hydrogen-bond donors (Lipinski definition) is 2. The summed E-state index contributed by atoms with van der Waals surface area (Å²) in [5.41, 5.74) is 3.55. The fourth-order valence-electron chi connectivity index (χ4n) is 3.49. The van der Waals surface area contributed by atoms with Gasteiger partial charge in [0.15, 0.2) is 0 Å². The van der Waals surface area contributed by atoms with Gasteiger partial charge >= 0.3 is 0 Å². The summed E-state index contributed by atoms with van der Waals surface area (Å²) >= 11 is 0. The normalized spacial score (nSPS) is 17.2. The van der Waals surface area contributed by atoms with Gasteiger partial charge in [-0.2, -0.15) is 0 Å². The van der Waals surface area contributed by atoms with Crippen LogP contribution >= 0.6 is 0 Å². The minimum Gasteiger partial charge on any atom is -0.385 e. The molecule has 1 aromatic heterocycles. The average Bonchev–Trinajstić information content (AvgIpc) is 3.20. The van der Waals surface area contributed by atoms with E-state index in [4.69, 9.17) is 4.74 Å². The number of nitrogens with one attached hydrogen (secondary N) is 2. The van der Waals surface area contributed by atoms with Crippen molar-refractivity contribution in [3.8, 4) is 0 Å². The van der Waals surface area contributed by atoms with Crippen LogP contribution < -0.4 is 5.32 Å². The van der Waals surface area contributed by atoms with Crippen LogP contribution in [0.2, 0.25) is 0 Å². The van der Waals surface area contributed by atoms with Crippen molar-refractivity contribution in [2.45, 2.75) is 26.2 Å². The quantitative estimate of drug-likeness (QED) is 0.710. The molecule has 1 aliphatic rings. The number of fused-ring (bicyclic) bond motifs is 1. The number of aryl methyl sites for hydroxylation is 1. The third-order valence-electron chi connectivity index (χ3n) is 4.98. The van der Waals surface area contributed by atoms with Gasteiger partial charge in [0.2, 0.25) is 11.8 Å². The molecule has 2 aromatic rings. The number of carbonyl (C=O) groups excluding carboxylic acids is 2. The molecule has 26 heavy (non-hydrogen) atoms. The highest BCUT2D eigenvalue weighted by molar-refractivity contribution is 5.89. The number of carbonyl (C=O) groups is 2. The van der Waals surface area contributed by atoms with E-state index >= 15 is 0 Å². The average molecular weight is 357 g/mol. The van der Waals surface area contributed by atoms with Crippen molar-refractivity contribution in [1.82, 2.24) is 15.2 Å². The molecule has 1 saturated heterocycles. The van der Waals surface area contributed by atoms with E-state index in [1.807, 2.05) is 11.1 Å². The Morgan fingerprint density at radius 2 is 2.27 bits per heavy atom. The van der Waals surface area contributed by atoms with E-state index in [9.17, 15) is 9.59 Å². The zero-order valence-corrected chi connectivity index (χ0v) is 15.5. The summed E-state index contributed by atoms with van der Waals surface area (Å²) in [5.74, 6) is -0.201. The van der Waals surface area contributed by atoms with Gasteiger partial charge in [0, 0.05) is 56.9 Å². The van der Waals surface area contributed by atoms with E-state index < -0.39 is 0 Å². The summed E-state index contributed by atoms with van der Waals surface area (Å²) in [5, 5.41) is 4.11. The second-order valence-corrected chi connectivity index (χ2v) is 6.99. The zero-order valence-electron chi connectivity index (χ0n) is 15.5. The molecule has 6 heteroatoms. The summed E-state index contributed by atoms with van der Waals surface area (Å²) in [6, 6.07) is 6.34. The number of ether oxygens (including phenoxy) is 1. The molecule has 2 amide bonds. The van der Waals surface area contributed by atoms with Crippen LogP contribution in [0.25, 0.3) is 10.9 Å². The lowest BCUT2D eigenvalue weighted by Gasteiger charge is -2.16. The number of aromatic nitrogens is 1. The van der Waals surface area contributed by atoms with Crippen LogP contribution in [0.1, 0.15) is 24.0 Å². The van der Waals surface area contributed by atoms with E-state index in [1.165, 1.54) is 16.5 Å². The second kappa shape index (κ2) is 8.36. The number of methoxy groups -OCH3 is 1. The Labute approximate surface area is 153 Å². The van der Waals surface area contributed by atoms with Gasteiger partial charge < -0.3 is 19.9 Å². The Hall–Kier alpha value is -2.34. The molecule has 0 bridgehead atoms. The van der Waals surface area contributed by atoms with Crippen molar-refractivity contribution in [3.05, 3.63) is 35.5 Å². The summed E-state index contributed by atoms with van der Waals surface area (Å²) in [7, 11) is 1.64. The van der Waals surface area contributed by atoms with Crippen molar-refractivity contribution in [2.75, 3.05) is 33.4 Å². The lowest BCUT2D eigenvalue weighted by atomic mass is 10.1. The smallest absolute Gasteiger partial charge is 0.225 e. The molecule has 6 nitrogen and oxygen atoms in total. The van der Waals surface area contributed by atoms with Gasteiger partial charge in [0.1, 0.15) is 0 Å². The monoisotopic (exact) mass is 357 g/mol. The first-order chi connectivity index (χ1) is 12.6. The van der Waals surface area contributed by atoms with Gasteiger partial charge in [-0.3, -0.25) is 9.59 Å². The van der Waals surface area contributed by atoms with Crippen molar-refractivity contribution in [3.63, 3.8) is 0 Å². The van der Waals surface area contributed by atoms with Crippen LogP contribution in [0, 0.1) is 12.8 Å². The molecule has 0 saturated carbocycles. The molecule has 0 spiro atoms. The van der Waals surface area contributed by atoms with Gasteiger partial charge in [0.05, 0.1) is 5.92 Å². The minimum atomic E-state index is -0.241. The zero-order chi connectivity index (χ0) is 18.5. The Bertz CT molecular complexity index is 784. The maximum absolute atomic E-state index is 12.3. The summed E-state index contributed by atoms with van der Waals surface area (Å²) < 4.78 is 4.97. The number of likely N-dealkylation sites (tertiary alicyclic amines) is 1. The first kappa shape index (κ1) is 18.5. The van der Waals surface area contributed by atoms with Gasteiger partial charge in [-0.05, 0) is 37.5 Å². The number of H-pyrrole nitrogens is 1. The van der Waals surface area contributed by atoms with E-state index in [0.29, 0.717) is 32.7 Å². The van der Waals surface area contributed by atoms with Crippen LogP contribution in [0.3, 0.4) is 0 Å². The molecular weight excluding hydrogens is 330 g/mol. The molecule has 1 aliphatic heterocycles. The molecule has 0 aliphatic carbocycles. The number of amides is 2. The maximum Gasteiger partial charge on any atom is 0.225 e. The Morgan fingerprint density at radius 1 is 1.42 bits per heavy atom. The number of nitrogens with zero attached hydrogens (tertiary/aromatic N) is 1. The number of aromatic amines is 1. The van der Waals surface area contributed by atoms with E-state index in [2.05, 4.69) is 35.4 Å². The molecular formula is C20H27N3O3. The predicted molar refractivity (Wildman–Crippen MR) is 101 cm³/mol. The predicted octanol–water partition coefficient (Wildman–Crippen LogP) is 2.02. The molecule has 2 N–H and O–H groups in total. The van der Waals surface area contributed by atoms with Gasteiger partial charge in [-0.25, -0.2) is 0 Å². The van der Waals surface area contributed by atoms with Crippen molar-refractivity contribution in [1.29, 1.82) is 0 Å². The van der Waals surface area contributed by atoms with E-state index in [0.717, 1.165) is 18.4 Å². The second-order valence-electron chi connectivity index (χ2n) is 6.99. The Kier molecular flexibility index (Phi) is 5.93. The summed E-state index contributed by atoms with van der Waals surface area (Å²) in [4.78, 5) is 29.6. The molecule has 1 fully saturated rings. The first-order valence-corrected chi connectivity index (χ1v) is 9.19. The van der Waals surface area contributed by atoms with Crippen molar-refractivity contribution in [2.24, 2.45) is 5.92 Å². The fraction of sp³-hybridized carbons (Fsp3) is 0.500. The number of rotatable bonds is 8. The topological polar surface area (TPSA) is 74.4 Å². The molecule has 1 atom stereocenters. The molecule has 1 aromatic carbocycles. The standard InChI is InChI=1S/C20H27N3O3/c1-14-4-5-18-17(10-14)15(12-22-18)6-8-23-13-16(11-19(23)24)20(25)21-7-3-9-26-2/h4-5,10,12,16,22H,3,6-9,11,13H2,1-2H3,(H,21,25)/t16-/m0/s1. The highest BCUT2D eigenvalue weighted by atomic mass is 16.5. The van der Waals surface area contributed by atoms with E-state index in [-0.39, 0.29) is 17.7 Å². The highest BCUT2D eigenvalue weighted by Gasteiger charge is 2.33. The first-order valence-electron chi connectivity index (χ1n) is 9.19. The largest absolute Gasteiger partial charge is 0.385 e. The van der Waals surface area contributed by atoms with Crippen LogP contribution in [-0.4, -0.2) is 55.0 Å². The number of benzene rings is 1. The lowest BCUT2D eigenvalue weighted by Crippen LogP contribution is -2.34. The molecule has 2 heterocycles. The Morgan fingerprint density at radius 3 is 3.08 bits per heavy atom. The van der Waals surface area contributed by atoms with Gasteiger partial charge in [0.25, 0.3) is 0 Å². The van der Waals surface area contributed by atoms with E-state index in [1.54, 1.807) is 7.11 Å². The van der Waals surface area contributed by atoms with Crippen LogP contribution in [0.15, 0.2) is 24.4 Å². The Balaban J connectivity index is 1.53. The van der Waals surface area contributed by atoms with Crippen LogP contribution in [0.4, 0.5) is 0 Å². The van der Waals surface area contributed by atoms with Gasteiger partial charge in [-0.1, -0.05) is 11.6 Å². The molecule has 0 unspecified atom stereocenters. The third-order valence-corrected chi connectivity index (χ3v) is 4.98. The lowest BCUT2D eigenvalue weighted by molar-refractivity contribution is -0.129. The highest BCUT2D eigenvalue weighted by Crippen LogP contribution is 2.22. The molecule has 140 valence electrons. The maximum atomic E-state index is 12.3. The molecule has 3 rings (SSSR count). The summed E-state index contributed by atoms with van der Waals surface area (Å²) in [6.45, 7) is 4.45. The van der Waals surface area contributed by atoms with Crippen LogP contribution in [0.5, 0.6) is 0 Å². The third kappa shape index (κ3) is 4.25. The fourth-order valence-corrected chi connectivity index (χ4v) is 3.49. The number of hydrogen-bond acceptors (Lipinski definition) is 3. The van der Waals surface area contributed by atoms with Crippen molar-refractivity contribution >= 4 is 22.7 Å². The van der Waals surface area contributed by atoms with Crippen molar-refractivity contribution < 1.29 is 14.3 Å². The minimum absolute atomic E-state index is 0.0281.